The van der Waals surface area contributed by atoms with Gasteiger partial charge in [0.25, 0.3) is 0 Å². The van der Waals surface area contributed by atoms with E-state index in [1.807, 2.05) is 6.07 Å². The molecule has 19 heavy (non-hydrogen) atoms. The van der Waals surface area contributed by atoms with Crippen LogP contribution in [-0.2, 0) is 0 Å². The van der Waals surface area contributed by atoms with Crippen molar-refractivity contribution >= 4 is 11.6 Å². The molecule has 1 aromatic heterocycles. The molecule has 0 bridgehead atoms. The highest BCUT2D eigenvalue weighted by molar-refractivity contribution is 6.13. The molecular formula is C15H10N2O2. The number of pyridine rings is 1. The summed E-state index contributed by atoms with van der Waals surface area (Å²) >= 11 is 0. The van der Waals surface area contributed by atoms with Gasteiger partial charge in [-0.25, -0.2) is 0 Å². The average Bonchev–Trinajstić information content (AvgIpc) is 2.48. The molecule has 0 spiro atoms. The van der Waals surface area contributed by atoms with E-state index in [1.54, 1.807) is 42.6 Å². The number of benzene rings is 1. The lowest BCUT2D eigenvalue weighted by atomic mass is 10.0. The normalized spacial score (nSPS) is 9.63. The van der Waals surface area contributed by atoms with Gasteiger partial charge in [0.15, 0.2) is 11.6 Å². The minimum absolute atomic E-state index is 0.197. The number of nitriles is 1. The van der Waals surface area contributed by atoms with Crippen LogP contribution in [0, 0.1) is 11.3 Å². The van der Waals surface area contributed by atoms with Crippen LogP contribution in [-0.4, -0.2) is 16.6 Å². The summed E-state index contributed by atoms with van der Waals surface area (Å²) < 4.78 is 0. The first-order valence-corrected chi connectivity index (χ1v) is 5.67. The smallest absolute Gasteiger partial charge is 0.172 e. The summed E-state index contributed by atoms with van der Waals surface area (Å²) in [4.78, 5) is 27.6. The van der Waals surface area contributed by atoms with E-state index in [-0.39, 0.29) is 18.0 Å². The summed E-state index contributed by atoms with van der Waals surface area (Å²) in [6, 6.07) is 11.5. The lowest BCUT2D eigenvalue weighted by Crippen LogP contribution is -2.08. The molecule has 0 aliphatic rings. The van der Waals surface area contributed by atoms with E-state index in [4.69, 9.17) is 5.26 Å². The standard InChI is InChI=1S/C15H10N2O2/c16-9-11-3-5-12(6-4-11)14(18)8-15(19)13-2-1-7-17-10-13/h1-7,10H,8H2. The minimum Gasteiger partial charge on any atom is -0.294 e. The summed E-state index contributed by atoms with van der Waals surface area (Å²) in [5, 5.41) is 8.67. The van der Waals surface area contributed by atoms with E-state index in [2.05, 4.69) is 4.98 Å². The van der Waals surface area contributed by atoms with Crippen molar-refractivity contribution in [1.82, 2.24) is 4.98 Å². The molecule has 1 heterocycles. The molecule has 0 radical (unpaired) electrons. The summed E-state index contributed by atoms with van der Waals surface area (Å²) in [6.07, 6.45) is 2.81. The molecular weight excluding hydrogens is 240 g/mol. The maximum absolute atomic E-state index is 11.9. The summed E-state index contributed by atoms with van der Waals surface area (Å²) in [7, 11) is 0. The second-order valence-corrected chi connectivity index (χ2v) is 3.95. The fraction of sp³-hybridized carbons (Fsp3) is 0.0667. The monoisotopic (exact) mass is 250 g/mol. The van der Waals surface area contributed by atoms with Crippen molar-refractivity contribution in [2.45, 2.75) is 6.42 Å². The summed E-state index contributed by atoms with van der Waals surface area (Å²) in [5.41, 5.74) is 1.33. The maximum Gasteiger partial charge on any atom is 0.172 e. The fourth-order valence-electron chi connectivity index (χ4n) is 1.61. The Bertz CT molecular complexity index is 640. The number of aromatic nitrogens is 1. The molecule has 0 unspecified atom stereocenters. The van der Waals surface area contributed by atoms with Gasteiger partial charge in [-0.1, -0.05) is 12.1 Å². The zero-order valence-corrected chi connectivity index (χ0v) is 10.0. The second-order valence-electron chi connectivity index (χ2n) is 3.95. The molecule has 0 N–H and O–H groups in total. The van der Waals surface area contributed by atoms with Crippen molar-refractivity contribution in [2.24, 2.45) is 0 Å². The first kappa shape index (κ1) is 12.7. The van der Waals surface area contributed by atoms with Crippen molar-refractivity contribution in [2.75, 3.05) is 0 Å². The number of carbonyl (C=O) groups excluding carboxylic acids is 2. The van der Waals surface area contributed by atoms with E-state index < -0.39 is 0 Å². The third-order valence-electron chi connectivity index (χ3n) is 2.64. The van der Waals surface area contributed by atoms with E-state index in [1.165, 1.54) is 6.20 Å². The van der Waals surface area contributed by atoms with Crippen molar-refractivity contribution in [3.8, 4) is 6.07 Å². The van der Waals surface area contributed by atoms with E-state index in [9.17, 15) is 9.59 Å². The summed E-state index contributed by atoms with van der Waals surface area (Å²) in [6.45, 7) is 0. The van der Waals surface area contributed by atoms with Gasteiger partial charge in [0.1, 0.15) is 0 Å². The van der Waals surface area contributed by atoms with Crippen LogP contribution in [0.2, 0.25) is 0 Å². The SMILES string of the molecule is N#Cc1ccc(C(=O)CC(=O)c2cccnc2)cc1. The van der Waals surface area contributed by atoms with Crippen LogP contribution in [0.4, 0.5) is 0 Å². The fourth-order valence-corrected chi connectivity index (χ4v) is 1.61. The Labute approximate surface area is 110 Å². The van der Waals surface area contributed by atoms with Crippen LogP contribution < -0.4 is 0 Å². The van der Waals surface area contributed by atoms with Crippen LogP contribution >= 0.6 is 0 Å². The Morgan fingerprint density at radius 1 is 1.05 bits per heavy atom. The van der Waals surface area contributed by atoms with E-state index >= 15 is 0 Å². The van der Waals surface area contributed by atoms with Crippen molar-refractivity contribution in [1.29, 1.82) is 5.26 Å². The van der Waals surface area contributed by atoms with Gasteiger partial charge < -0.3 is 0 Å². The van der Waals surface area contributed by atoms with Crippen LogP contribution in [0.1, 0.15) is 32.7 Å². The molecule has 2 rings (SSSR count). The predicted molar refractivity (Wildman–Crippen MR) is 68.7 cm³/mol. The minimum atomic E-state index is -0.265. The second kappa shape index (κ2) is 5.69. The van der Waals surface area contributed by atoms with Gasteiger partial charge in [-0.15, -0.1) is 0 Å². The third kappa shape index (κ3) is 3.11. The number of Topliss-reactive ketones (excluding diaryl/α,β-unsaturated/α-hetero) is 2. The lowest BCUT2D eigenvalue weighted by Gasteiger charge is -2.01. The van der Waals surface area contributed by atoms with Crippen LogP contribution in [0.25, 0.3) is 0 Å². The molecule has 4 heteroatoms. The van der Waals surface area contributed by atoms with Crippen molar-refractivity contribution in [3.05, 3.63) is 65.5 Å². The van der Waals surface area contributed by atoms with Crippen LogP contribution in [0.5, 0.6) is 0 Å². The highest BCUT2D eigenvalue weighted by atomic mass is 16.1. The Morgan fingerprint density at radius 3 is 2.32 bits per heavy atom. The third-order valence-corrected chi connectivity index (χ3v) is 2.64. The van der Waals surface area contributed by atoms with Crippen molar-refractivity contribution < 1.29 is 9.59 Å². The number of hydrogen-bond acceptors (Lipinski definition) is 4. The number of rotatable bonds is 4. The quantitative estimate of drug-likeness (QED) is 0.617. The van der Waals surface area contributed by atoms with Gasteiger partial charge >= 0.3 is 0 Å². The first-order chi connectivity index (χ1) is 9.20. The zero-order valence-electron chi connectivity index (χ0n) is 10.0. The molecule has 0 amide bonds. The molecule has 0 aliphatic carbocycles. The Morgan fingerprint density at radius 2 is 1.74 bits per heavy atom. The maximum atomic E-state index is 11.9. The molecule has 0 atom stereocenters. The number of ketones is 2. The van der Waals surface area contributed by atoms with Crippen LogP contribution in [0.3, 0.4) is 0 Å². The molecule has 2 aromatic rings. The number of nitrogens with zero attached hydrogens (tertiary/aromatic N) is 2. The van der Waals surface area contributed by atoms with Gasteiger partial charge in [-0.05, 0) is 24.3 Å². The Balaban J connectivity index is 2.09. The molecule has 0 aliphatic heterocycles. The molecule has 0 saturated carbocycles. The summed E-state index contributed by atoms with van der Waals surface area (Å²) in [5.74, 6) is -0.527. The van der Waals surface area contributed by atoms with Crippen molar-refractivity contribution in [3.63, 3.8) is 0 Å². The zero-order chi connectivity index (χ0) is 13.7. The molecule has 0 fully saturated rings. The van der Waals surface area contributed by atoms with Gasteiger partial charge in [0, 0.05) is 23.5 Å². The number of carbonyl (C=O) groups is 2. The van der Waals surface area contributed by atoms with Crippen LogP contribution in [0.15, 0.2) is 48.8 Å². The molecule has 4 nitrogen and oxygen atoms in total. The Hall–Kier alpha value is -2.80. The molecule has 92 valence electrons. The predicted octanol–water partition coefficient (Wildman–Crippen LogP) is 2.41. The van der Waals surface area contributed by atoms with Gasteiger partial charge in [0.05, 0.1) is 18.1 Å². The largest absolute Gasteiger partial charge is 0.294 e. The number of hydrogen-bond donors (Lipinski definition) is 0. The average molecular weight is 250 g/mol. The highest BCUT2D eigenvalue weighted by Crippen LogP contribution is 2.09. The van der Waals surface area contributed by atoms with E-state index in [0.29, 0.717) is 16.7 Å². The Kier molecular flexibility index (Phi) is 3.79. The van der Waals surface area contributed by atoms with Gasteiger partial charge in [-0.3, -0.25) is 14.6 Å². The van der Waals surface area contributed by atoms with Gasteiger partial charge in [0.2, 0.25) is 0 Å². The lowest BCUT2D eigenvalue weighted by molar-refractivity contribution is 0.0894. The topological polar surface area (TPSA) is 70.8 Å². The van der Waals surface area contributed by atoms with Gasteiger partial charge in [-0.2, -0.15) is 5.26 Å². The first-order valence-electron chi connectivity index (χ1n) is 5.67. The van der Waals surface area contributed by atoms with E-state index in [0.717, 1.165) is 0 Å². The highest BCUT2D eigenvalue weighted by Gasteiger charge is 2.13. The molecule has 0 saturated heterocycles. The molecule has 1 aromatic carbocycles.